The molecule has 30 heavy (non-hydrogen) atoms. The van der Waals surface area contributed by atoms with Crippen molar-refractivity contribution in [1.82, 2.24) is 9.78 Å². The minimum absolute atomic E-state index is 0.344. The Bertz CT molecular complexity index is 1250. The highest BCUT2D eigenvalue weighted by molar-refractivity contribution is 7.20. The minimum Gasteiger partial charge on any atom is -0.451 e. The van der Waals surface area contributed by atoms with Crippen LogP contribution < -0.4 is 5.32 Å². The van der Waals surface area contributed by atoms with Crippen LogP contribution in [0.25, 0.3) is 15.9 Å². The summed E-state index contributed by atoms with van der Waals surface area (Å²) in [5.41, 5.74) is 2.74. The van der Waals surface area contributed by atoms with E-state index in [1.807, 2.05) is 37.3 Å². The van der Waals surface area contributed by atoms with Crippen LogP contribution in [0, 0.1) is 19.7 Å². The van der Waals surface area contributed by atoms with Crippen LogP contribution in [0.4, 0.5) is 10.1 Å². The number of aryl methyl sites for hydroxylation is 2. The molecule has 0 radical (unpaired) electrons. The lowest BCUT2D eigenvalue weighted by atomic mass is 10.2. The molecule has 4 rings (SSSR count). The number of hydrogen-bond acceptors (Lipinski definition) is 5. The number of carbonyl (C=O) groups is 2. The zero-order valence-corrected chi connectivity index (χ0v) is 17.1. The Balaban J connectivity index is 1.47. The number of aromatic nitrogens is 2. The van der Waals surface area contributed by atoms with E-state index in [1.54, 1.807) is 23.7 Å². The maximum atomic E-state index is 13.3. The maximum absolute atomic E-state index is 13.3. The van der Waals surface area contributed by atoms with Gasteiger partial charge in [-0.15, -0.1) is 11.3 Å². The summed E-state index contributed by atoms with van der Waals surface area (Å²) >= 11 is 1.25. The molecule has 0 unspecified atom stereocenters. The summed E-state index contributed by atoms with van der Waals surface area (Å²) in [6.45, 7) is 3.15. The van der Waals surface area contributed by atoms with Crippen molar-refractivity contribution in [2.75, 3.05) is 11.9 Å². The van der Waals surface area contributed by atoms with Crippen LogP contribution in [0.5, 0.6) is 0 Å². The SMILES string of the molecule is Cc1ccc(F)cc1NC(=O)COC(=O)c1cc2c(C)nn(-c3ccccc3)c2s1. The van der Waals surface area contributed by atoms with E-state index in [0.717, 1.165) is 21.6 Å². The Labute approximate surface area is 175 Å². The van der Waals surface area contributed by atoms with Crippen molar-refractivity contribution in [3.8, 4) is 5.69 Å². The molecular weight excluding hydrogens is 405 g/mol. The molecule has 8 heteroatoms. The zero-order valence-electron chi connectivity index (χ0n) is 16.3. The smallest absolute Gasteiger partial charge is 0.348 e. The third kappa shape index (κ3) is 3.95. The normalized spacial score (nSPS) is 10.9. The van der Waals surface area contributed by atoms with E-state index < -0.39 is 24.3 Å². The number of halogens is 1. The van der Waals surface area contributed by atoms with Gasteiger partial charge >= 0.3 is 5.97 Å². The summed E-state index contributed by atoms with van der Waals surface area (Å²) in [7, 11) is 0. The van der Waals surface area contributed by atoms with Crippen molar-refractivity contribution in [3.05, 3.63) is 76.5 Å². The fourth-order valence-corrected chi connectivity index (χ4v) is 4.09. The third-order valence-corrected chi connectivity index (χ3v) is 5.65. The minimum atomic E-state index is -0.596. The Kier molecular flexibility index (Phi) is 5.33. The number of nitrogens with zero attached hydrogens (tertiary/aromatic N) is 2. The van der Waals surface area contributed by atoms with E-state index in [-0.39, 0.29) is 0 Å². The molecule has 152 valence electrons. The van der Waals surface area contributed by atoms with Crippen molar-refractivity contribution >= 4 is 39.1 Å². The molecule has 4 aromatic rings. The predicted molar refractivity (Wildman–Crippen MR) is 114 cm³/mol. The van der Waals surface area contributed by atoms with Crippen molar-refractivity contribution in [2.24, 2.45) is 0 Å². The number of benzene rings is 2. The lowest BCUT2D eigenvalue weighted by Gasteiger charge is -2.08. The molecule has 2 aromatic carbocycles. The average Bonchev–Trinajstić information content (AvgIpc) is 3.30. The predicted octanol–water partition coefficient (Wildman–Crippen LogP) is 4.64. The summed E-state index contributed by atoms with van der Waals surface area (Å²) in [6, 6.07) is 15.4. The number of rotatable bonds is 5. The molecule has 0 saturated heterocycles. The second kappa shape index (κ2) is 8.08. The lowest BCUT2D eigenvalue weighted by molar-refractivity contribution is -0.119. The first-order valence-corrected chi connectivity index (χ1v) is 10.0. The van der Waals surface area contributed by atoms with Crippen LogP contribution in [0.3, 0.4) is 0 Å². The summed E-state index contributed by atoms with van der Waals surface area (Å²) in [5.74, 6) is -1.59. The van der Waals surface area contributed by atoms with Gasteiger partial charge in [-0.1, -0.05) is 24.3 Å². The van der Waals surface area contributed by atoms with E-state index in [0.29, 0.717) is 16.1 Å². The molecule has 0 fully saturated rings. The molecule has 0 bridgehead atoms. The van der Waals surface area contributed by atoms with E-state index in [2.05, 4.69) is 10.4 Å². The van der Waals surface area contributed by atoms with Gasteiger partial charge in [0.15, 0.2) is 6.61 Å². The first-order valence-electron chi connectivity index (χ1n) is 9.20. The van der Waals surface area contributed by atoms with Gasteiger partial charge in [0.05, 0.1) is 11.4 Å². The monoisotopic (exact) mass is 423 g/mol. The topological polar surface area (TPSA) is 73.2 Å². The maximum Gasteiger partial charge on any atom is 0.348 e. The van der Waals surface area contributed by atoms with Gasteiger partial charge in [0.2, 0.25) is 0 Å². The van der Waals surface area contributed by atoms with Crippen LogP contribution in [0.15, 0.2) is 54.6 Å². The van der Waals surface area contributed by atoms with Gasteiger partial charge in [-0.2, -0.15) is 5.10 Å². The van der Waals surface area contributed by atoms with Gasteiger partial charge in [-0.25, -0.2) is 13.9 Å². The summed E-state index contributed by atoms with van der Waals surface area (Å²) in [4.78, 5) is 25.8. The second-order valence-electron chi connectivity index (χ2n) is 6.75. The zero-order chi connectivity index (χ0) is 21.3. The van der Waals surface area contributed by atoms with Gasteiger partial charge < -0.3 is 10.1 Å². The molecule has 0 aliphatic rings. The Morgan fingerprint density at radius 1 is 1.13 bits per heavy atom. The third-order valence-electron chi connectivity index (χ3n) is 4.55. The molecule has 0 saturated carbocycles. The van der Waals surface area contributed by atoms with Crippen LogP contribution in [-0.4, -0.2) is 28.3 Å². The summed E-state index contributed by atoms with van der Waals surface area (Å²) < 4.78 is 20.3. The van der Waals surface area contributed by atoms with Crippen molar-refractivity contribution in [1.29, 1.82) is 0 Å². The number of anilines is 1. The van der Waals surface area contributed by atoms with Gasteiger partial charge in [0, 0.05) is 11.1 Å². The van der Waals surface area contributed by atoms with Gasteiger partial charge in [0.1, 0.15) is 15.5 Å². The summed E-state index contributed by atoms with van der Waals surface area (Å²) in [5, 5.41) is 7.95. The van der Waals surface area contributed by atoms with Gasteiger partial charge in [-0.05, 0) is 49.7 Å². The number of fused-ring (bicyclic) bond motifs is 1. The number of carbonyl (C=O) groups excluding carboxylic acids is 2. The molecule has 1 N–H and O–H groups in total. The van der Waals surface area contributed by atoms with E-state index in [9.17, 15) is 14.0 Å². The Morgan fingerprint density at radius 3 is 2.67 bits per heavy atom. The summed E-state index contributed by atoms with van der Waals surface area (Å²) in [6.07, 6.45) is 0. The average molecular weight is 423 g/mol. The van der Waals surface area contributed by atoms with Crippen LogP contribution in [0.2, 0.25) is 0 Å². The van der Waals surface area contributed by atoms with Gasteiger partial charge in [-0.3, -0.25) is 4.79 Å². The van der Waals surface area contributed by atoms with E-state index >= 15 is 0 Å². The number of nitrogens with one attached hydrogen (secondary N) is 1. The lowest BCUT2D eigenvalue weighted by Crippen LogP contribution is -2.21. The number of esters is 1. The van der Waals surface area contributed by atoms with E-state index in [1.165, 1.54) is 23.5 Å². The molecule has 1 amide bonds. The standard InChI is InChI=1S/C22H18FN3O3S/c1-13-8-9-15(23)10-18(13)24-20(27)12-29-22(28)19-11-17-14(2)25-26(21(17)30-19)16-6-4-3-5-7-16/h3-11H,12H2,1-2H3,(H,24,27). The van der Waals surface area contributed by atoms with Gasteiger partial charge in [0.25, 0.3) is 5.91 Å². The van der Waals surface area contributed by atoms with Crippen molar-refractivity contribution < 1.29 is 18.7 Å². The highest BCUT2D eigenvalue weighted by Gasteiger charge is 2.19. The molecule has 6 nitrogen and oxygen atoms in total. The molecule has 2 heterocycles. The molecule has 2 aromatic heterocycles. The fraction of sp³-hybridized carbons (Fsp3) is 0.136. The molecule has 0 aliphatic heterocycles. The molecule has 0 aliphatic carbocycles. The molecule has 0 atom stereocenters. The molecular formula is C22H18FN3O3S. The fourth-order valence-electron chi connectivity index (χ4n) is 3.01. The highest BCUT2D eigenvalue weighted by atomic mass is 32.1. The Morgan fingerprint density at radius 2 is 1.90 bits per heavy atom. The van der Waals surface area contributed by atoms with Crippen molar-refractivity contribution in [3.63, 3.8) is 0 Å². The van der Waals surface area contributed by atoms with E-state index in [4.69, 9.17) is 4.74 Å². The second-order valence-corrected chi connectivity index (χ2v) is 7.78. The largest absolute Gasteiger partial charge is 0.451 e. The number of para-hydroxylation sites is 1. The quantitative estimate of drug-likeness (QED) is 0.475. The first kappa shape index (κ1) is 19.8. The number of ether oxygens (including phenoxy) is 1. The van der Waals surface area contributed by atoms with Crippen LogP contribution in [-0.2, 0) is 9.53 Å². The Hall–Kier alpha value is -3.52. The number of hydrogen-bond donors (Lipinski definition) is 1. The molecule has 0 spiro atoms. The number of thiophene rings is 1. The van der Waals surface area contributed by atoms with Crippen LogP contribution in [0.1, 0.15) is 20.9 Å². The van der Waals surface area contributed by atoms with Crippen molar-refractivity contribution in [2.45, 2.75) is 13.8 Å². The van der Waals surface area contributed by atoms with Crippen LogP contribution >= 0.6 is 11.3 Å². The number of amides is 1. The first-order chi connectivity index (χ1) is 14.4. The highest BCUT2D eigenvalue weighted by Crippen LogP contribution is 2.30.